The highest BCUT2D eigenvalue weighted by atomic mass is 32.1. The summed E-state index contributed by atoms with van der Waals surface area (Å²) in [7, 11) is 0. The lowest BCUT2D eigenvalue weighted by Crippen LogP contribution is -2.37. The number of aliphatic hydroxyl groups is 1. The Kier molecular flexibility index (Phi) is 4.27. The van der Waals surface area contributed by atoms with Gasteiger partial charge in [-0.15, -0.1) is 0 Å². The van der Waals surface area contributed by atoms with Crippen molar-refractivity contribution in [3.8, 4) is 0 Å². The largest absolute Gasteiger partial charge is 0.392 e. The Morgan fingerprint density at radius 1 is 1.50 bits per heavy atom. The molecular weight excluding hydrogens is 251 g/mol. The second kappa shape index (κ2) is 5.73. The van der Waals surface area contributed by atoms with Crippen LogP contribution in [0.15, 0.2) is 18.2 Å². The molecule has 1 aliphatic heterocycles. The summed E-state index contributed by atoms with van der Waals surface area (Å²) in [5.41, 5.74) is 6.91. The molecule has 0 spiro atoms. The fourth-order valence-electron chi connectivity index (χ4n) is 2.32. The third-order valence-electron chi connectivity index (χ3n) is 3.13. The summed E-state index contributed by atoms with van der Waals surface area (Å²) in [5, 5.41) is 9.60. The average molecular weight is 268 g/mol. The van der Waals surface area contributed by atoms with Gasteiger partial charge in [-0.05, 0) is 43.1 Å². The van der Waals surface area contributed by atoms with Crippen molar-refractivity contribution in [2.24, 2.45) is 5.73 Å². The van der Waals surface area contributed by atoms with E-state index in [2.05, 4.69) is 4.90 Å². The van der Waals surface area contributed by atoms with Crippen LogP contribution in [0.1, 0.15) is 24.0 Å². The molecular formula is C13H17FN2OS. The SMILES string of the molecule is NC(=S)c1cc(F)cc(CN2CCCC(O)C2)c1. The third-order valence-corrected chi connectivity index (χ3v) is 3.36. The van der Waals surface area contributed by atoms with Crippen molar-refractivity contribution in [2.75, 3.05) is 13.1 Å². The number of hydrogen-bond acceptors (Lipinski definition) is 3. The monoisotopic (exact) mass is 268 g/mol. The van der Waals surface area contributed by atoms with Gasteiger partial charge in [0.05, 0.1) is 6.10 Å². The number of likely N-dealkylation sites (tertiary alicyclic amines) is 1. The Labute approximate surface area is 111 Å². The van der Waals surface area contributed by atoms with E-state index in [9.17, 15) is 9.50 Å². The fraction of sp³-hybridized carbons (Fsp3) is 0.462. The van der Waals surface area contributed by atoms with Gasteiger partial charge in [-0.25, -0.2) is 4.39 Å². The van der Waals surface area contributed by atoms with Gasteiger partial charge in [0.1, 0.15) is 10.8 Å². The second-order valence-electron chi connectivity index (χ2n) is 4.74. The predicted molar refractivity (Wildman–Crippen MR) is 72.8 cm³/mol. The number of piperidine rings is 1. The molecule has 1 aromatic rings. The number of hydrogen-bond donors (Lipinski definition) is 2. The third kappa shape index (κ3) is 3.48. The smallest absolute Gasteiger partial charge is 0.124 e. The Hall–Kier alpha value is -1.04. The molecule has 1 aromatic carbocycles. The molecule has 0 amide bonds. The van der Waals surface area contributed by atoms with E-state index in [4.69, 9.17) is 18.0 Å². The first-order valence-corrected chi connectivity index (χ1v) is 6.45. The first-order chi connectivity index (χ1) is 8.54. The standard InChI is InChI=1S/C13H17FN2OS/c14-11-5-9(4-10(6-11)13(15)18)7-16-3-1-2-12(17)8-16/h4-6,12,17H,1-3,7-8H2,(H2,15,18). The molecule has 2 rings (SSSR count). The minimum atomic E-state index is -0.326. The second-order valence-corrected chi connectivity index (χ2v) is 5.18. The minimum absolute atomic E-state index is 0.203. The molecule has 18 heavy (non-hydrogen) atoms. The summed E-state index contributed by atoms with van der Waals surface area (Å²) in [5.74, 6) is -0.326. The van der Waals surface area contributed by atoms with Gasteiger partial charge in [0.2, 0.25) is 0 Å². The maximum Gasteiger partial charge on any atom is 0.124 e. The van der Waals surface area contributed by atoms with Crippen LogP contribution in [-0.2, 0) is 6.54 Å². The van der Waals surface area contributed by atoms with Crippen LogP contribution in [0.4, 0.5) is 4.39 Å². The maximum atomic E-state index is 13.4. The molecule has 1 fully saturated rings. The highest BCUT2D eigenvalue weighted by Crippen LogP contribution is 2.16. The van der Waals surface area contributed by atoms with Gasteiger partial charge in [-0.1, -0.05) is 12.2 Å². The van der Waals surface area contributed by atoms with Crippen LogP contribution in [0.3, 0.4) is 0 Å². The van der Waals surface area contributed by atoms with E-state index in [-0.39, 0.29) is 16.9 Å². The van der Waals surface area contributed by atoms with Crippen LogP contribution in [0.2, 0.25) is 0 Å². The van der Waals surface area contributed by atoms with Crippen molar-refractivity contribution in [3.05, 3.63) is 35.1 Å². The van der Waals surface area contributed by atoms with Gasteiger partial charge >= 0.3 is 0 Å². The number of β-amino-alcohol motifs (C(OH)–C–C–N with tert-alkyl or cyclic N) is 1. The van der Waals surface area contributed by atoms with Crippen LogP contribution in [-0.4, -0.2) is 34.2 Å². The van der Waals surface area contributed by atoms with Crippen molar-refractivity contribution in [1.29, 1.82) is 0 Å². The Morgan fingerprint density at radius 3 is 2.94 bits per heavy atom. The Morgan fingerprint density at radius 2 is 2.28 bits per heavy atom. The van der Waals surface area contributed by atoms with E-state index in [1.807, 2.05) is 6.07 Å². The lowest BCUT2D eigenvalue weighted by molar-refractivity contribution is 0.0668. The zero-order valence-electron chi connectivity index (χ0n) is 10.1. The topological polar surface area (TPSA) is 49.5 Å². The van der Waals surface area contributed by atoms with Gasteiger partial charge in [0, 0.05) is 18.7 Å². The van der Waals surface area contributed by atoms with Gasteiger partial charge in [0.15, 0.2) is 0 Å². The molecule has 1 aliphatic rings. The van der Waals surface area contributed by atoms with Crippen LogP contribution < -0.4 is 5.73 Å². The quantitative estimate of drug-likeness (QED) is 0.814. The van der Waals surface area contributed by atoms with Crippen molar-refractivity contribution >= 4 is 17.2 Å². The number of nitrogens with zero attached hydrogens (tertiary/aromatic N) is 1. The van der Waals surface area contributed by atoms with E-state index in [1.54, 1.807) is 0 Å². The summed E-state index contributed by atoms with van der Waals surface area (Å²) in [4.78, 5) is 2.32. The van der Waals surface area contributed by atoms with Crippen LogP contribution in [0.25, 0.3) is 0 Å². The summed E-state index contributed by atoms with van der Waals surface area (Å²) < 4.78 is 13.4. The first kappa shape index (κ1) is 13.4. The number of rotatable bonds is 3. The number of benzene rings is 1. The van der Waals surface area contributed by atoms with E-state index < -0.39 is 0 Å². The lowest BCUT2D eigenvalue weighted by atomic mass is 10.1. The zero-order valence-corrected chi connectivity index (χ0v) is 10.9. The minimum Gasteiger partial charge on any atom is -0.392 e. The van der Waals surface area contributed by atoms with E-state index in [0.29, 0.717) is 18.7 Å². The molecule has 0 aromatic heterocycles. The fourth-order valence-corrected chi connectivity index (χ4v) is 2.43. The molecule has 0 aliphatic carbocycles. The van der Waals surface area contributed by atoms with Gasteiger partial charge < -0.3 is 10.8 Å². The molecule has 0 bridgehead atoms. The normalized spacial score (nSPS) is 20.9. The van der Waals surface area contributed by atoms with E-state index in [0.717, 1.165) is 24.9 Å². The molecule has 1 saturated heterocycles. The highest BCUT2D eigenvalue weighted by molar-refractivity contribution is 7.80. The van der Waals surface area contributed by atoms with Crippen molar-refractivity contribution in [3.63, 3.8) is 0 Å². The first-order valence-electron chi connectivity index (χ1n) is 6.04. The summed E-state index contributed by atoms with van der Waals surface area (Å²) in [6.07, 6.45) is 1.54. The molecule has 1 atom stereocenters. The van der Waals surface area contributed by atoms with Crippen LogP contribution in [0, 0.1) is 5.82 Å². The van der Waals surface area contributed by atoms with E-state index in [1.165, 1.54) is 12.1 Å². The van der Waals surface area contributed by atoms with Crippen molar-refractivity contribution in [2.45, 2.75) is 25.5 Å². The predicted octanol–water partition coefficient (Wildman–Crippen LogP) is 1.42. The highest BCUT2D eigenvalue weighted by Gasteiger charge is 2.18. The number of nitrogens with two attached hydrogens (primary N) is 1. The average Bonchev–Trinajstić information content (AvgIpc) is 2.28. The number of halogens is 1. The Bertz CT molecular complexity index is 453. The molecule has 1 unspecified atom stereocenters. The maximum absolute atomic E-state index is 13.4. The van der Waals surface area contributed by atoms with Gasteiger partial charge in [0.25, 0.3) is 0 Å². The molecule has 0 saturated carbocycles. The summed E-state index contributed by atoms with van der Waals surface area (Å²) in [6.45, 7) is 2.18. The van der Waals surface area contributed by atoms with E-state index >= 15 is 0 Å². The van der Waals surface area contributed by atoms with Crippen LogP contribution >= 0.6 is 12.2 Å². The summed E-state index contributed by atoms with van der Waals surface area (Å²) in [6, 6.07) is 4.64. The van der Waals surface area contributed by atoms with Crippen LogP contribution in [0.5, 0.6) is 0 Å². The molecule has 3 N–H and O–H groups in total. The van der Waals surface area contributed by atoms with Gasteiger partial charge in [-0.3, -0.25) is 4.90 Å². The Balaban J connectivity index is 2.10. The number of aliphatic hydroxyl groups excluding tert-OH is 1. The molecule has 98 valence electrons. The molecule has 0 radical (unpaired) electrons. The number of thiocarbonyl (C=S) groups is 1. The molecule has 3 nitrogen and oxygen atoms in total. The summed E-state index contributed by atoms with van der Waals surface area (Å²) >= 11 is 4.86. The van der Waals surface area contributed by atoms with Crippen molar-refractivity contribution < 1.29 is 9.50 Å². The lowest BCUT2D eigenvalue weighted by Gasteiger charge is -2.30. The molecule has 5 heteroatoms. The zero-order chi connectivity index (χ0) is 13.1. The van der Waals surface area contributed by atoms with Gasteiger partial charge in [-0.2, -0.15) is 0 Å². The van der Waals surface area contributed by atoms with Crippen molar-refractivity contribution in [1.82, 2.24) is 4.90 Å². The molecule has 1 heterocycles.